The topological polar surface area (TPSA) is 55.1 Å². The summed E-state index contributed by atoms with van der Waals surface area (Å²) in [5.41, 5.74) is 4.49. The molecule has 0 unspecified atom stereocenters. The van der Waals surface area contributed by atoms with E-state index in [4.69, 9.17) is 5.26 Å². The fourth-order valence-electron chi connectivity index (χ4n) is 0. The van der Waals surface area contributed by atoms with Gasteiger partial charge in [-0.05, 0) is 5.26 Å². The third-order valence-electron chi connectivity index (χ3n) is 0.0680. The number of hydrogen-bond donors (Lipinski definition) is 1. The van der Waals surface area contributed by atoms with Crippen LogP contribution in [0.4, 0.5) is 0 Å². The van der Waals surface area contributed by atoms with Crippen molar-refractivity contribution in [1.29, 1.82) is 0 Å². The Labute approximate surface area is 23.9 Å². The molecule has 3 nitrogen and oxygen atoms in total. The molecule has 0 aliphatic rings. The summed E-state index contributed by atoms with van der Waals surface area (Å²) >= 11 is 0. The lowest BCUT2D eigenvalue weighted by molar-refractivity contribution is -0.302. The van der Waals surface area contributed by atoms with E-state index >= 15 is 0 Å². The summed E-state index contributed by atoms with van der Waals surface area (Å²) < 4.78 is 0. The Morgan fingerprint density at radius 1 is 2.00 bits per heavy atom. The SMILES string of the molecule is NCO[O]. The highest BCUT2D eigenvalue weighted by molar-refractivity contribution is 3.81. The average molecular weight is 62.0 g/mol. The molecule has 0 rings (SSSR count). The van der Waals surface area contributed by atoms with Crippen LogP contribution in [0.1, 0.15) is 0 Å². The average Bonchev–Trinajstić information content (AvgIpc) is 1.37. The standard InChI is InChI=1S/CH4NO2/c2-1-4-3/h1-2H2. The fourth-order valence-corrected chi connectivity index (χ4v) is 0. The number of hydrogen-bond acceptors (Lipinski definition) is 2. The molecule has 25 valence electrons. The predicted octanol–water partition coefficient (Wildman–Crippen LogP) is -0.735. The molecule has 0 atom stereocenters. The molecule has 0 aromatic rings. The van der Waals surface area contributed by atoms with E-state index in [0.29, 0.717) is 0 Å². The maximum Gasteiger partial charge on any atom is 0.133 e. The van der Waals surface area contributed by atoms with Gasteiger partial charge in [0.05, 0.1) is 0 Å². The van der Waals surface area contributed by atoms with Gasteiger partial charge in [-0.25, -0.2) is 0 Å². The van der Waals surface area contributed by atoms with Crippen molar-refractivity contribution in [3.8, 4) is 0 Å². The van der Waals surface area contributed by atoms with Crippen LogP contribution in [0.5, 0.6) is 0 Å². The number of rotatable bonds is 1. The van der Waals surface area contributed by atoms with Crippen molar-refractivity contribution in [3.63, 3.8) is 0 Å². The Kier molecular flexibility index (Phi) is 2.79. The van der Waals surface area contributed by atoms with Gasteiger partial charge in [-0.2, -0.15) is 4.89 Å². The smallest absolute Gasteiger partial charge is 0.133 e. The molecular weight excluding hydrogens is 58.0 g/mol. The molecule has 0 aromatic heterocycles. The molecule has 0 bridgehead atoms. The van der Waals surface area contributed by atoms with Gasteiger partial charge < -0.3 is 5.73 Å². The van der Waals surface area contributed by atoms with E-state index < -0.39 is 0 Å². The molecule has 1 radical (unpaired) electrons. The summed E-state index contributed by atoms with van der Waals surface area (Å²) in [7, 11) is 0. The molecule has 0 aliphatic carbocycles. The Hall–Kier alpha value is -0.120. The van der Waals surface area contributed by atoms with Crippen LogP contribution in [0.15, 0.2) is 0 Å². The lowest BCUT2D eigenvalue weighted by Crippen LogP contribution is -1.98. The van der Waals surface area contributed by atoms with Gasteiger partial charge >= 0.3 is 0 Å². The van der Waals surface area contributed by atoms with Crippen molar-refractivity contribution < 1.29 is 10.1 Å². The maximum atomic E-state index is 8.67. The van der Waals surface area contributed by atoms with Crippen LogP contribution in [0.2, 0.25) is 0 Å². The first-order valence-electron chi connectivity index (χ1n) is 0.864. The van der Waals surface area contributed by atoms with Crippen LogP contribution in [0.25, 0.3) is 0 Å². The number of nitrogens with two attached hydrogens (primary N) is 1. The second-order valence-corrected chi connectivity index (χ2v) is 0.285. The Morgan fingerprint density at radius 3 is 2.25 bits per heavy atom. The minimum atomic E-state index is -0.236. The van der Waals surface area contributed by atoms with E-state index in [0.717, 1.165) is 0 Å². The lowest BCUT2D eigenvalue weighted by atomic mass is 11.4. The molecule has 3 heteroatoms. The summed E-state index contributed by atoms with van der Waals surface area (Å²) in [5, 5.41) is 8.67. The van der Waals surface area contributed by atoms with Crippen LogP contribution in [-0.4, -0.2) is 6.73 Å². The van der Waals surface area contributed by atoms with Crippen molar-refractivity contribution in [2.45, 2.75) is 0 Å². The summed E-state index contributed by atoms with van der Waals surface area (Å²) in [6, 6.07) is 0. The quantitative estimate of drug-likeness (QED) is 0.247. The maximum absolute atomic E-state index is 8.67. The van der Waals surface area contributed by atoms with Crippen molar-refractivity contribution in [3.05, 3.63) is 0 Å². The van der Waals surface area contributed by atoms with E-state index in [2.05, 4.69) is 10.6 Å². The van der Waals surface area contributed by atoms with Crippen LogP contribution < -0.4 is 5.73 Å². The molecule has 0 amide bonds. The molecule has 0 aliphatic heterocycles. The molecule has 0 saturated heterocycles. The van der Waals surface area contributed by atoms with Gasteiger partial charge in [0.2, 0.25) is 0 Å². The molecule has 0 spiro atoms. The third kappa shape index (κ3) is 1.88. The van der Waals surface area contributed by atoms with E-state index in [1.807, 2.05) is 0 Å². The molecule has 0 aromatic carbocycles. The Bertz CT molecular complexity index is 8.00. The largest absolute Gasteiger partial charge is 0.306 e. The molecule has 4 heavy (non-hydrogen) atoms. The Balaban J connectivity index is 1.97. The van der Waals surface area contributed by atoms with Gasteiger partial charge in [0.25, 0.3) is 0 Å². The molecule has 0 fully saturated rings. The first-order chi connectivity index (χ1) is 1.91. The molecule has 0 heterocycles. The highest BCUT2D eigenvalue weighted by Gasteiger charge is 1.56. The van der Waals surface area contributed by atoms with Gasteiger partial charge in [0.15, 0.2) is 0 Å². The van der Waals surface area contributed by atoms with Gasteiger partial charge in [0, 0.05) is 0 Å². The van der Waals surface area contributed by atoms with E-state index in [1.165, 1.54) is 0 Å². The Morgan fingerprint density at radius 2 is 2.25 bits per heavy atom. The monoisotopic (exact) mass is 62.0 g/mol. The second-order valence-electron chi connectivity index (χ2n) is 0.285. The van der Waals surface area contributed by atoms with Gasteiger partial charge in [-0.3, -0.25) is 0 Å². The van der Waals surface area contributed by atoms with E-state index in [-0.39, 0.29) is 6.73 Å². The fraction of sp³-hybridized carbons (Fsp3) is 1.00. The van der Waals surface area contributed by atoms with Crippen molar-refractivity contribution in [2.24, 2.45) is 5.73 Å². The van der Waals surface area contributed by atoms with Crippen LogP contribution in [0, 0.1) is 0 Å². The summed E-state index contributed by atoms with van der Waals surface area (Å²) in [6.45, 7) is -0.236. The summed E-state index contributed by atoms with van der Waals surface area (Å²) in [6.07, 6.45) is 0. The van der Waals surface area contributed by atoms with E-state index in [1.54, 1.807) is 0 Å². The predicted molar refractivity (Wildman–Crippen MR) is 10.8 cm³/mol. The van der Waals surface area contributed by atoms with Gasteiger partial charge in [0.1, 0.15) is 6.73 Å². The minimum absolute atomic E-state index is 0.236. The highest BCUT2D eigenvalue weighted by atomic mass is 17.1. The molecular formula is CH4NO2. The normalized spacial score (nSPS) is 7.50. The zero-order valence-corrected chi connectivity index (χ0v) is 2.10. The van der Waals surface area contributed by atoms with Crippen LogP contribution in [-0.2, 0) is 10.1 Å². The van der Waals surface area contributed by atoms with Crippen molar-refractivity contribution in [1.82, 2.24) is 0 Å². The van der Waals surface area contributed by atoms with Crippen LogP contribution >= 0.6 is 0 Å². The minimum Gasteiger partial charge on any atom is -0.306 e. The first kappa shape index (κ1) is 3.88. The van der Waals surface area contributed by atoms with Gasteiger partial charge in [-0.15, -0.1) is 0 Å². The van der Waals surface area contributed by atoms with Crippen molar-refractivity contribution >= 4 is 0 Å². The highest BCUT2D eigenvalue weighted by Crippen LogP contribution is 1.41. The summed E-state index contributed by atoms with van der Waals surface area (Å²) in [4.78, 5) is 3.07. The van der Waals surface area contributed by atoms with E-state index in [9.17, 15) is 0 Å². The first-order valence-corrected chi connectivity index (χ1v) is 0.864. The van der Waals surface area contributed by atoms with Crippen molar-refractivity contribution in [2.75, 3.05) is 6.73 Å². The zero-order chi connectivity index (χ0) is 3.41. The van der Waals surface area contributed by atoms with Crippen LogP contribution in [0.3, 0.4) is 0 Å². The summed E-state index contributed by atoms with van der Waals surface area (Å²) in [5.74, 6) is 0. The third-order valence-corrected chi connectivity index (χ3v) is 0.0680. The molecule has 2 N–H and O–H groups in total. The second kappa shape index (κ2) is 2.88. The zero-order valence-electron chi connectivity index (χ0n) is 2.10. The molecule has 0 saturated carbocycles. The lowest BCUT2D eigenvalue weighted by Gasteiger charge is -1.69. The van der Waals surface area contributed by atoms with Gasteiger partial charge in [-0.1, -0.05) is 0 Å².